The van der Waals surface area contributed by atoms with Crippen LogP contribution in [0.3, 0.4) is 0 Å². The first kappa shape index (κ1) is 7.97. The Bertz CT molecular complexity index is 227. The van der Waals surface area contributed by atoms with Crippen molar-refractivity contribution in [2.45, 2.75) is 6.54 Å². The maximum atomic E-state index is 5.16. The van der Waals surface area contributed by atoms with Gasteiger partial charge in [-0.05, 0) is 6.07 Å². The van der Waals surface area contributed by atoms with E-state index >= 15 is 0 Å². The number of nitrogens with zero attached hydrogens (tertiary/aromatic N) is 1. The minimum absolute atomic E-state index is 0.589. The van der Waals surface area contributed by atoms with E-state index in [2.05, 4.69) is 10.4 Å². The summed E-state index contributed by atoms with van der Waals surface area (Å²) in [5.74, 6) is 5.91. The lowest BCUT2D eigenvalue weighted by molar-refractivity contribution is 0.406. The van der Waals surface area contributed by atoms with E-state index in [0.717, 1.165) is 11.3 Å². The van der Waals surface area contributed by atoms with Gasteiger partial charge in [0.2, 0.25) is 0 Å². The summed E-state index contributed by atoms with van der Waals surface area (Å²) >= 11 is 0. The molecule has 0 aliphatic carbocycles. The molecule has 11 heavy (non-hydrogen) atoms. The maximum Gasteiger partial charge on any atom is 0.141 e. The number of aromatic nitrogens is 1. The van der Waals surface area contributed by atoms with Gasteiger partial charge in [0.15, 0.2) is 0 Å². The van der Waals surface area contributed by atoms with Crippen molar-refractivity contribution in [2.24, 2.45) is 5.84 Å². The van der Waals surface area contributed by atoms with Gasteiger partial charge in [0.25, 0.3) is 0 Å². The van der Waals surface area contributed by atoms with E-state index in [0.29, 0.717) is 6.54 Å². The number of rotatable bonds is 3. The quantitative estimate of drug-likeness (QED) is 0.476. The third-order valence-electron chi connectivity index (χ3n) is 1.38. The fraction of sp³-hybridized carbons (Fsp3) is 0.286. The second-order valence-electron chi connectivity index (χ2n) is 2.07. The zero-order valence-electron chi connectivity index (χ0n) is 6.37. The van der Waals surface area contributed by atoms with Gasteiger partial charge in [-0.3, -0.25) is 16.3 Å². The number of hydrogen-bond donors (Lipinski definition) is 2. The molecule has 0 saturated heterocycles. The predicted molar refractivity (Wildman–Crippen MR) is 41.8 cm³/mol. The van der Waals surface area contributed by atoms with Crippen LogP contribution in [0.15, 0.2) is 18.5 Å². The Balaban J connectivity index is 2.83. The lowest BCUT2D eigenvalue weighted by atomic mass is 10.2. The van der Waals surface area contributed by atoms with Crippen molar-refractivity contribution in [1.29, 1.82) is 0 Å². The van der Waals surface area contributed by atoms with Crippen LogP contribution in [-0.4, -0.2) is 12.1 Å². The average molecular weight is 153 g/mol. The van der Waals surface area contributed by atoms with Gasteiger partial charge in [-0.2, -0.15) is 0 Å². The fourth-order valence-corrected chi connectivity index (χ4v) is 0.849. The molecule has 4 nitrogen and oxygen atoms in total. The highest BCUT2D eigenvalue weighted by Crippen LogP contribution is 2.14. The largest absolute Gasteiger partial charge is 0.495 e. The summed E-state index contributed by atoms with van der Waals surface area (Å²) in [6.07, 6.45) is 3.36. The number of nitrogens with one attached hydrogen (secondary N) is 1. The molecule has 0 spiro atoms. The third kappa shape index (κ3) is 1.89. The molecule has 0 amide bonds. The summed E-state index contributed by atoms with van der Waals surface area (Å²) in [5.41, 5.74) is 3.56. The van der Waals surface area contributed by atoms with Crippen LogP contribution in [0.5, 0.6) is 5.75 Å². The van der Waals surface area contributed by atoms with Crippen molar-refractivity contribution in [3.8, 4) is 5.75 Å². The van der Waals surface area contributed by atoms with Crippen LogP contribution in [0.4, 0.5) is 0 Å². The number of pyridine rings is 1. The van der Waals surface area contributed by atoms with Gasteiger partial charge in [0.05, 0.1) is 13.3 Å². The molecule has 1 rings (SSSR count). The Morgan fingerprint density at radius 2 is 2.55 bits per heavy atom. The Morgan fingerprint density at radius 1 is 1.73 bits per heavy atom. The van der Waals surface area contributed by atoms with Gasteiger partial charge in [0, 0.05) is 18.3 Å². The highest BCUT2D eigenvalue weighted by Gasteiger charge is 1.98. The highest BCUT2D eigenvalue weighted by atomic mass is 16.5. The molecule has 0 bridgehead atoms. The smallest absolute Gasteiger partial charge is 0.141 e. The summed E-state index contributed by atoms with van der Waals surface area (Å²) < 4.78 is 5.04. The van der Waals surface area contributed by atoms with Crippen molar-refractivity contribution >= 4 is 0 Å². The molecule has 0 fully saturated rings. The Hall–Kier alpha value is -1.13. The van der Waals surface area contributed by atoms with Crippen molar-refractivity contribution < 1.29 is 4.74 Å². The van der Waals surface area contributed by atoms with Crippen molar-refractivity contribution in [3.63, 3.8) is 0 Å². The van der Waals surface area contributed by atoms with Crippen LogP contribution in [0.1, 0.15) is 5.56 Å². The zero-order valence-corrected chi connectivity index (χ0v) is 6.37. The maximum absolute atomic E-state index is 5.16. The second-order valence-corrected chi connectivity index (χ2v) is 2.07. The van der Waals surface area contributed by atoms with Crippen molar-refractivity contribution in [1.82, 2.24) is 10.4 Å². The first-order valence-electron chi connectivity index (χ1n) is 3.29. The zero-order chi connectivity index (χ0) is 8.10. The monoisotopic (exact) mass is 153 g/mol. The number of hydrogen-bond acceptors (Lipinski definition) is 4. The fourth-order valence-electron chi connectivity index (χ4n) is 0.849. The lowest BCUT2D eigenvalue weighted by Crippen LogP contribution is -2.21. The van der Waals surface area contributed by atoms with Gasteiger partial charge in [0.1, 0.15) is 5.75 Å². The highest BCUT2D eigenvalue weighted by molar-refractivity contribution is 5.29. The summed E-state index contributed by atoms with van der Waals surface area (Å²) in [6.45, 7) is 0.589. The van der Waals surface area contributed by atoms with Crippen LogP contribution < -0.4 is 16.0 Å². The molecule has 0 aliphatic rings. The van der Waals surface area contributed by atoms with E-state index in [1.54, 1.807) is 19.5 Å². The van der Waals surface area contributed by atoms with Gasteiger partial charge >= 0.3 is 0 Å². The summed E-state index contributed by atoms with van der Waals surface area (Å²) in [5, 5.41) is 0. The molecule has 0 aromatic carbocycles. The van der Waals surface area contributed by atoms with Gasteiger partial charge in [-0.15, -0.1) is 0 Å². The van der Waals surface area contributed by atoms with Crippen LogP contribution in [0.2, 0.25) is 0 Å². The predicted octanol–water partition coefficient (Wildman–Crippen LogP) is 0.0535. The van der Waals surface area contributed by atoms with Crippen molar-refractivity contribution in [2.75, 3.05) is 7.11 Å². The van der Waals surface area contributed by atoms with Crippen LogP contribution in [0.25, 0.3) is 0 Å². The minimum Gasteiger partial charge on any atom is -0.495 e. The topological polar surface area (TPSA) is 60.2 Å². The first-order valence-corrected chi connectivity index (χ1v) is 3.29. The molecule has 1 heterocycles. The molecule has 0 aliphatic heterocycles. The Kier molecular flexibility index (Phi) is 2.83. The summed E-state index contributed by atoms with van der Waals surface area (Å²) in [7, 11) is 1.61. The summed E-state index contributed by atoms with van der Waals surface area (Å²) in [6, 6.07) is 1.86. The standard InChI is InChI=1S/C7H11N3O/c1-11-7-5-9-3-2-6(7)4-10-8/h2-3,5,10H,4,8H2,1H3. The molecule has 60 valence electrons. The van der Waals surface area contributed by atoms with Crippen LogP contribution in [-0.2, 0) is 6.54 Å². The van der Waals surface area contributed by atoms with E-state index in [1.807, 2.05) is 6.07 Å². The van der Waals surface area contributed by atoms with Gasteiger partial charge in [-0.25, -0.2) is 0 Å². The molecule has 4 heteroatoms. The van der Waals surface area contributed by atoms with E-state index in [9.17, 15) is 0 Å². The van der Waals surface area contributed by atoms with E-state index in [-0.39, 0.29) is 0 Å². The number of methoxy groups -OCH3 is 1. The number of hydrazine groups is 1. The van der Waals surface area contributed by atoms with Crippen molar-refractivity contribution in [3.05, 3.63) is 24.0 Å². The number of ether oxygens (including phenoxy) is 1. The molecule has 1 aromatic heterocycles. The Labute approximate surface area is 65.4 Å². The normalized spacial score (nSPS) is 9.64. The second kappa shape index (κ2) is 3.90. The Morgan fingerprint density at radius 3 is 3.18 bits per heavy atom. The SMILES string of the molecule is COc1cnccc1CNN. The van der Waals surface area contributed by atoms with Gasteiger partial charge in [-0.1, -0.05) is 0 Å². The average Bonchev–Trinajstić information content (AvgIpc) is 2.06. The van der Waals surface area contributed by atoms with E-state index in [4.69, 9.17) is 10.6 Å². The van der Waals surface area contributed by atoms with E-state index in [1.165, 1.54) is 0 Å². The molecule has 0 radical (unpaired) electrons. The molecule has 0 atom stereocenters. The third-order valence-corrected chi connectivity index (χ3v) is 1.38. The summed E-state index contributed by atoms with van der Waals surface area (Å²) in [4.78, 5) is 3.90. The minimum atomic E-state index is 0.589. The first-order chi connectivity index (χ1) is 5.38. The molecule has 0 unspecified atom stereocenters. The molecular formula is C7H11N3O. The number of nitrogens with two attached hydrogens (primary N) is 1. The molecule has 0 saturated carbocycles. The van der Waals surface area contributed by atoms with Crippen LogP contribution >= 0.6 is 0 Å². The molecule has 1 aromatic rings. The molecular weight excluding hydrogens is 142 g/mol. The van der Waals surface area contributed by atoms with Crippen LogP contribution in [0, 0.1) is 0 Å². The van der Waals surface area contributed by atoms with E-state index < -0.39 is 0 Å². The lowest BCUT2D eigenvalue weighted by Gasteiger charge is -2.05. The molecule has 3 N–H and O–H groups in total. The van der Waals surface area contributed by atoms with Gasteiger partial charge < -0.3 is 4.74 Å².